The number of ether oxygens (including phenoxy) is 3. The van der Waals surface area contributed by atoms with Gasteiger partial charge in [0.25, 0.3) is 5.91 Å². The van der Waals surface area contributed by atoms with Gasteiger partial charge in [-0.1, -0.05) is 100.0 Å². The maximum absolute atomic E-state index is 15.5. The molecule has 3 aromatic rings. The van der Waals surface area contributed by atoms with Crippen LogP contribution in [0.5, 0.6) is 5.75 Å². The number of nitrogens with zero attached hydrogens (tertiary/aromatic N) is 2. The molecular formula is C45H55F2N3O5S2. The van der Waals surface area contributed by atoms with Crippen molar-refractivity contribution in [3.8, 4) is 5.75 Å². The molecule has 2 amide bonds. The van der Waals surface area contributed by atoms with Gasteiger partial charge in [-0.3, -0.25) is 14.5 Å². The third-order valence-electron chi connectivity index (χ3n) is 9.79. The quantitative estimate of drug-likeness (QED) is 0.0669. The Morgan fingerprint density at radius 3 is 2.12 bits per heavy atom. The molecule has 12 heteroatoms. The van der Waals surface area contributed by atoms with Crippen LogP contribution >= 0.6 is 23.5 Å². The zero-order valence-electron chi connectivity index (χ0n) is 33.0. The first-order valence-corrected chi connectivity index (χ1v) is 21.6. The van der Waals surface area contributed by atoms with Gasteiger partial charge >= 0.3 is 0 Å². The Balaban J connectivity index is 1.28. The van der Waals surface area contributed by atoms with E-state index in [9.17, 15) is 9.59 Å². The summed E-state index contributed by atoms with van der Waals surface area (Å²) in [6.07, 6.45) is 11.7. The van der Waals surface area contributed by atoms with Crippen LogP contribution in [0.25, 0.3) is 5.70 Å². The molecule has 3 aromatic carbocycles. The van der Waals surface area contributed by atoms with E-state index in [0.29, 0.717) is 54.7 Å². The highest BCUT2D eigenvalue weighted by atomic mass is 32.2. The van der Waals surface area contributed by atoms with E-state index in [1.807, 2.05) is 48.5 Å². The van der Waals surface area contributed by atoms with E-state index in [0.717, 1.165) is 77.5 Å². The fourth-order valence-corrected chi connectivity index (χ4v) is 8.67. The van der Waals surface area contributed by atoms with Crippen LogP contribution < -0.4 is 15.0 Å². The summed E-state index contributed by atoms with van der Waals surface area (Å²) < 4.78 is 47.6. The lowest BCUT2D eigenvalue weighted by atomic mass is 10.1. The Morgan fingerprint density at radius 2 is 1.44 bits per heavy atom. The summed E-state index contributed by atoms with van der Waals surface area (Å²) in [6.45, 7) is 15.0. The van der Waals surface area contributed by atoms with Gasteiger partial charge in [0.05, 0.1) is 41.0 Å². The zero-order chi connectivity index (χ0) is 40.4. The molecule has 0 aromatic heterocycles. The van der Waals surface area contributed by atoms with Crippen LogP contribution in [-0.4, -0.2) is 69.9 Å². The second-order valence-corrected chi connectivity index (χ2v) is 16.2. The number of carbonyl (C=O) groups is 2. The van der Waals surface area contributed by atoms with E-state index >= 15 is 8.78 Å². The minimum absolute atomic E-state index is 0.00360. The van der Waals surface area contributed by atoms with Gasteiger partial charge in [0.1, 0.15) is 6.61 Å². The normalized spacial score (nSPS) is 14.4. The molecular weight excluding hydrogens is 765 g/mol. The largest absolute Gasteiger partial charge is 0.485 e. The molecule has 0 unspecified atom stereocenters. The summed E-state index contributed by atoms with van der Waals surface area (Å²) in [5.74, 6) is -2.77. The lowest BCUT2D eigenvalue weighted by Crippen LogP contribution is -2.27. The van der Waals surface area contributed by atoms with E-state index in [2.05, 4.69) is 30.3 Å². The molecule has 2 heterocycles. The van der Waals surface area contributed by atoms with E-state index in [1.54, 1.807) is 0 Å². The number of likely N-dealkylation sites (tertiary alicyclic amines) is 1. The number of benzene rings is 3. The van der Waals surface area contributed by atoms with Crippen LogP contribution in [-0.2, 0) is 25.5 Å². The second-order valence-electron chi connectivity index (χ2n) is 14.0. The second kappa shape index (κ2) is 23.3. The van der Waals surface area contributed by atoms with Crippen LogP contribution in [0.15, 0.2) is 99.1 Å². The number of halogens is 2. The lowest BCUT2D eigenvalue weighted by Gasteiger charge is -2.30. The fourth-order valence-electron chi connectivity index (χ4n) is 6.63. The molecule has 2 aliphatic rings. The van der Waals surface area contributed by atoms with Gasteiger partial charge in [0.2, 0.25) is 6.41 Å². The number of hydrogen-bond donors (Lipinski definition) is 1. The molecule has 306 valence electrons. The fraction of sp³-hybridized carbons (Fsp3) is 0.422. The van der Waals surface area contributed by atoms with Crippen molar-refractivity contribution < 1.29 is 32.6 Å². The molecule has 1 saturated heterocycles. The zero-order valence-corrected chi connectivity index (χ0v) is 34.6. The van der Waals surface area contributed by atoms with Gasteiger partial charge in [-0.05, 0) is 67.5 Å². The average Bonchev–Trinajstić information content (AvgIpc) is 3.45. The van der Waals surface area contributed by atoms with Gasteiger partial charge in [0, 0.05) is 53.9 Å². The van der Waals surface area contributed by atoms with E-state index < -0.39 is 23.3 Å². The SMILES string of the molecule is C=C(c1ccc(SC2=C(Sc3ccc(CCOCCNC=O)cc3)C(=O)N(c3cc(F)c(OCCOCCCCCCCC)c(F)c3)C2=C)cc1)N1CCCCC1. The predicted octanol–water partition coefficient (Wildman–Crippen LogP) is 10.1. The smallest absolute Gasteiger partial charge is 0.270 e. The maximum Gasteiger partial charge on any atom is 0.270 e. The molecule has 1 fully saturated rings. The van der Waals surface area contributed by atoms with Gasteiger partial charge in [-0.15, -0.1) is 0 Å². The number of piperidine rings is 1. The monoisotopic (exact) mass is 819 g/mol. The lowest BCUT2D eigenvalue weighted by molar-refractivity contribution is -0.113. The molecule has 1 N–H and O–H groups in total. The summed E-state index contributed by atoms with van der Waals surface area (Å²) >= 11 is 2.67. The van der Waals surface area contributed by atoms with Crippen molar-refractivity contribution in [1.82, 2.24) is 10.2 Å². The third kappa shape index (κ3) is 12.9. The summed E-state index contributed by atoms with van der Waals surface area (Å²) in [4.78, 5) is 31.0. The number of nitrogens with one attached hydrogen (secondary N) is 1. The summed E-state index contributed by atoms with van der Waals surface area (Å²) in [7, 11) is 0. The molecule has 0 atom stereocenters. The Bertz CT molecular complexity index is 1810. The number of hydrogen-bond acceptors (Lipinski definition) is 8. The number of anilines is 1. The number of rotatable bonds is 25. The molecule has 57 heavy (non-hydrogen) atoms. The van der Waals surface area contributed by atoms with Crippen LogP contribution in [0.3, 0.4) is 0 Å². The molecule has 0 aliphatic carbocycles. The average molecular weight is 820 g/mol. The molecule has 0 saturated carbocycles. The highest BCUT2D eigenvalue weighted by Gasteiger charge is 2.37. The van der Waals surface area contributed by atoms with Crippen molar-refractivity contribution in [2.24, 2.45) is 0 Å². The molecule has 8 nitrogen and oxygen atoms in total. The standard InChI is InChI=1S/C45H55F2N3O5S2/c1-4-5-6-7-8-12-25-53-28-29-55-42-40(46)30-37(31-41(42)47)50-34(3)43(56-39-19-15-36(16-20-39)33(2)49-23-10-9-11-24-49)44(45(50)52)57-38-17-13-35(14-18-38)21-26-54-27-22-48-32-51/h13-20,30-32H,2-12,21-29H2,1H3,(H,48,51). The van der Waals surface area contributed by atoms with Crippen molar-refractivity contribution in [3.63, 3.8) is 0 Å². The van der Waals surface area contributed by atoms with Gasteiger partial charge in [-0.25, -0.2) is 8.78 Å². The first kappa shape index (κ1) is 44.0. The number of unbranched alkanes of at least 4 members (excludes halogenated alkanes) is 5. The minimum atomic E-state index is -0.916. The Labute approximate surface area is 345 Å². The first-order valence-electron chi connectivity index (χ1n) is 20.0. The van der Waals surface area contributed by atoms with Crippen molar-refractivity contribution in [3.05, 3.63) is 112 Å². The highest BCUT2D eigenvalue weighted by molar-refractivity contribution is 8.07. The van der Waals surface area contributed by atoms with Crippen molar-refractivity contribution in [2.75, 3.05) is 57.6 Å². The summed E-state index contributed by atoms with van der Waals surface area (Å²) in [5.41, 5.74) is 3.43. The number of thioether (sulfide) groups is 2. The Kier molecular flexibility index (Phi) is 18.0. The third-order valence-corrected chi connectivity index (χ3v) is 12.2. The molecule has 0 radical (unpaired) electrons. The van der Waals surface area contributed by atoms with E-state index in [-0.39, 0.29) is 18.9 Å². The van der Waals surface area contributed by atoms with Crippen molar-refractivity contribution in [2.45, 2.75) is 80.9 Å². The van der Waals surface area contributed by atoms with Crippen LogP contribution in [0.2, 0.25) is 0 Å². The van der Waals surface area contributed by atoms with Gasteiger partial charge in [0.15, 0.2) is 17.4 Å². The van der Waals surface area contributed by atoms with E-state index in [1.165, 1.54) is 60.5 Å². The van der Waals surface area contributed by atoms with Crippen molar-refractivity contribution >= 4 is 47.2 Å². The highest BCUT2D eigenvalue weighted by Crippen LogP contribution is 2.48. The number of amides is 2. The predicted molar refractivity (Wildman–Crippen MR) is 227 cm³/mol. The topological polar surface area (TPSA) is 80.3 Å². The minimum Gasteiger partial charge on any atom is -0.485 e. The maximum atomic E-state index is 15.5. The molecule has 5 rings (SSSR count). The Morgan fingerprint density at radius 1 is 0.807 bits per heavy atom. The van der Waals surface area contributed by atoms with Crippen molar-refractivity contribution in [1.29, 1.82) is 0 Å². The first-order chi connectivity index (χ1) is 27.8. The van der Waals surface area contributed by atoms with Gasteiger partial charge < -0.3 is 24.4 Å². The molecule has 0 bridgehead atoms. The number of carbonyl (C=O) groups excluding carboxylic acids is 2. The summed E-state index contributed by atoms with van der Waals surface area (Å²) in [5, 5.41) is 2.57. The van der Waals surface area contributed by atoms with Crippen LogP contribution in [0.1, 0.15) is 75.8 Å². The Hall–Kier alpha value is -4.10. The van der Waals surface area contributed by atoms with E-state index in [4.69, 9.17) is 14.2 Å². The summed E-state index contributed by atoms with van der Waals surface area (Å²) in [6, 6.07) is 18.1. The van der Waals surface area contributed by atoms with Gasteiger partial charge in [-0.2, -0.15) is 0 Å². The molecule has 0 spiro atoms. The van der Waals surface area contributed by atoms with Crippen LogP contribution in [0.4, 0.5) is 14.5 Å². The van der Waals surface area contributed by atoms with Crippen LogP contribution in [0, 0.1) is 11.6 Å². The molecule has 2 aliphatic heterocycles.